The summed E-state index contributed by atoms with van der Waals surface area (Å²) in [5, 5.41) is 3.16. The molecule has 2 aromatic rings. The standard InChI is InChI=1S/C6H2BrClN2S2/c7-4-3(1-2-11-4)5-9-6(8)10-12-5/h1-2H. The highest BCUT2D eigenvalue weighted by atomic mass is 79.9. The van der Waals surface area contributed by atoms with E-state index in [1.54, 1.807) is 11.3 Å². The SMILES string of the molecule is Clc1nsc(-c2ccsc2Br)n1. The molecule has 0 saturated carbocycles. The Labute approximate surface area is 90.5 Å². The van der Waals surface area contributed by atoms with Gasteiger partial charge in [0.05, 0.1) is 3.79 Å². The lowest BCUT2D eigenvalue weighted by Gasteiger charge is -1.87. The molecule has 0 aliphatic carbocycles. The third-order valence-corrected chi connectivity index (χ3v) is 3.95. The molecule has 0 N–H and O–H groups in total. The topological polar surface area (TPSA) is 25.8 Å². The molecule has 2 rings (SSSR count). The lowest BCUT2D eigenvalue weighted by molar-refractivity contribution is 1.33. The van der Waals surface area contributed by atoms with Crippen molar-refractivity contribution in [2.24, 2.45) is 0 Å². The zero-order chi connectivity index (χ0) is 8.55. The molecule has 2 heterocycles. The average molecular weight is 282 g/mol. The van der Waals surface area contributed by atoms with Crippen molar-refractivity contribution in [3.05, 3.63) is 20.5 Å². The summed E-state index contributed by atoms with van der Waals surface area (Å²) in [4.78, 5) is 4.06. The molecular weight excluding hydrogens is 280 g/mol. The van der Waals surface area contributed by atoms with Crippen molar-refractivity contribution < 1.29 is 0 Å². The second kappa shape index (κ2) is 3.41. The van der Waals surface area contributed by atoms with Gasteiger partial charge in [-0.25, -0.2) is 4.98 Å². The molecule has 0 amide bonds. The van der Waals surface area contributed by atoms with Crippen LogP contribution in [-0.2, 0) is 0 Å². The van der Waals surface area contributed by atoms with E-state index in [1.807, 2.05) is 11.4 Å². The first kappa shape index (κ1) is 8.62. The van der Waals surface area contributed by atoms with Gasteiger partial charge in [-0.1, -0.05) is 0 Å². The number of rotatable bonds is 1. The van der Waals surface area contributed by atoms with E-state index in [2.05, 4.69) is 25.3 Å². The molecule has 0 spiro atoms. The number of thiophene rings is 1. The van der Waals surface area contributed by atoms with Crippen LogP contribution in [0, 0.1) is 0 Å². The highest BCUT2D eigenvalue weighted by Gasteiger charge is 2.08. The predicted molar refractivity (Wildman–Crippen MR) is 55.9 cm³/mol. The quantitative estimate of drug-likeness (QED) is 0.797. The largest absolute Gasteiger partial charge is 0.234 e. The summed E-state index contributed by atoms with van der Waals surface area (Å²) in [5.41, 5.74) is 1.06. The fourth-order valence-corrected chi connectivity index (χ4v) is 3.05. The van der Waals surface area contributed by atoms with Gasteiger partial charge in [0, 0.05) is 5.56 Å². The van der Waals surface area contributed by atoms with Gasteiger partial charge in [-0.15, -0.1) is 11.3 Å². The van der Waals surface area contributed by atoms with Crippen LogP contribution in [0.5, 0.6) is 0 Å². The Kier molecular flexibility index (Phi) is 2.45. The number of hydrogen-bond donors (Lipinski definition) is 0. The van der Waals surface area contributed by atoms with Crippen molar-refractivity contribution in [2.75, 3.05) is 0 Å². The Hall–Kier alpha value is 0.0300. The molecule has 0 radical (unpaired) electrons. The second-order valence-electron chi connectivity index (χ2n) is 1.98. The van der Waals surface area contributed by atoms with Gasteiger partial charge in [-0.2, -0.15) is 4.37 Å². The average Bonchev–Trinajstić information content (AvgIpc) is 2.58. The van der Waals surface area contributed by atoms with Crippen molar-refractivity contribution in [1.29, 1.82) is 0 Å². The zero-order valence-corrected chi connectivity index (χ0v) is 9.60. The molecule has 0 atom stereocenters. The lowest BCUT2D eigenvalue weighted by Crippen LogP contribution is -1.70. The van der Waals surface area contributed by atoms with Crippen LogP contribution >= 0.6 is 50.4 Å². The molecule has 0 aromatic carbocycles. The maximum atomic E-state index is 5.61. The first-order valence-electron chi connectivity index (χ1n) is 3.00. The number of hydrogen-bond acceptors (Lipinski definition) is 4. The monoisotopic (exact) mass is 280 g/mol. The van der Waals surface area contributed by atoms with Gasteiger partial charge in [0.15, 0.2) is 0 Å². The van der Waals surface area contributed by atoms with Crippen LogP contribution in [0.4, 0.5) is 0 Å². The van der Waals surface area contributed by atoms with Crippen LogP contribution in [-0.4, -0.2) is 9.36 Å². The zero-order valence-electron chi connectivity index (χ0n) is 5.62. The summed E-state index contributed by atoms with van der Waals surface area (Å²) in [6.45, 7) is 0. The Morgan fingerprint density at radius 3 is 2.83 bits per heavy atom. The minimum Gasteiger partial charge on any atom is -0.204 e. The Morgan fingerprint density at radius 2 is 2.33 bits per heavy atom. The lowest BCUT2D eigenvalue weighted by atomic mass is 10.4. The van der Waals surface area contributed by atoms with Crippen LogP contribution < -0.4 is 0 Å². The van der Waals surface area contributed by atoms with Crippen LogP contribution in [0.1, 0.15) is 0 Å². The fourth-order valence-electron chi connectivity index (χ4n) is 0.761. The van der Waals surface area contributed by atoms with E-state index >= 15 is 0 Å². The highest BCUT2D eigenvalue weighted by Crippen LogP contribution is 2.34. The van der Waals surface area contributed by atoms with E-state index in [1.165, 1.54) is 11.5 Å². The minimum atomic E-state index is 0.313. The van der Waals surface area contributed by atoms with E-state index in [-0.39, 0.29) is 0 Å². The molecule has 0 unspecified atom stereocenters. The summed E-state index contributed by atoms with van der Waals surface area (Å²) in [6, 6.07) is 1.99. The van der Waals surface area contributed by atoms with Crippen molar-refractivity contribution in [2.45, 2.75) is 0 Å². The third kappa shape index (κ3) is 1.54. The molecule has 2 aromatic heterocycles. The Bertz CT molecular complexity index is 398. The molecule has 0 aliphatic rings. The van der Waals surface area contributed by atoms with E-state index in [9.17, 15) is 0 Å². The fraction of sp³-hybridized carbons (Fsp3) is 0. The number of halogens is 2. The summed E-state index contributed by atoms with van der Waals surface area (Å²) < 4.78 is 4.96. The third-order valence-electron chi connectivity index (χ3n) is 1.25. The molecule has 62 valence electrons. The summed E-state index contributed by atoms with van der Waals surface area (Å²) in [6.07, 6.45) is 0. The molecular formula is C6H2BrClN2S2. The van der Waals surface area contributed by atoms with E-state index in [0.29, 0.717) is 5.28 Å². The van der Waals surface area contributed by atoms with Crippen LogP contribution in [0.2, 0.25) is 5.28 Å². The van der Waals surface area contributed by atoms with E-state index in [0.717, 1.165) is 14.4 Å². The number of nitrogens with zero attached hydrogens (tertiary/aromatic N) is 2. The highest BCUT2D eigenvalue weighted by molar-refractivity contribution is 9.11. The minimum absolute atomic E-state index is 0.313. The van der Waals surface area contributed by atoms with Crippen molar-refractivity contribution in [3.8, 4) is 10.6 Å². The van der Waals surface area contributed by atoms with E-state index in [4.69, 9.17) is 11.6 Å². The molecule has 0 bridgehead atoms. The van der Waals surface area contributed by atoms with Crippen molar-refractivity contribution >= 4 is 50.4 Å². The van der Waals surface area contributed by atoms with Gasteiger partial charge >= 0.3 is 0 Å². The Morgan fingerprint density at radius 1 is 1.50 bits per heavy atom. The first-order chi connectivity index (χ1) is 5.77. The molecule has 0 fully saturated rings. The van der Waals surface area contributed by atoms with Crippen LogP contribution in [0.25, 0.3) is 10.6 Å². The maximum absolute atomic E-state index is 5.61. The van der Waals surface area contributed by atoms with Gasteiger partial charge in [-0.05, 0) is 50.5 Å². The smallest absolute Gasteiger partial charge is 0.204 e. The van der Waals surface area contributed by atoms with Gasteiger partial charge in [-0.3, -0.25) is 0 Å². The normalized spacial score (nSPS) is 10.5. The second-order valence-corrected chi connectivity index (χ2v) is 5.30. The Balaban J connectivity index is 2.50. The molecule has 0 saturated heterocycles. The molecule has 12 heavy (non-hydrogen) atoms. The predicted octanol–water partition coefficient (Wildman–Crippen LogP) is 3.68. The van der Waals surface area contributed by atoms with Gasteiger partial charge < -0.3 is 0 Å². The molecule has 2 nitrogen and oxygen atoms in total. The van der Waals surface area contributed by atoms with Gasteiger partial charge in [0.25, 0.3) is 0 Å². The summed E-state index contributed by atoms with van der Waals surface area (Å²) in [7, 11) is 0. The van der Waals surface area contributed by atoms with Gasteiger partial charge in [0.2, 0.25) is 5.28 Å². The number of aromatic nitrogens is 2. The first-order valence-corrected chi connectivity index (χ1v) is 5.82. The van der Waals surface area contributed by atoms with Crippen molar-refractivity contribution in [1.82, 2.24) is 9.36 Å². The molecule has 6 heteroatoms. The summed E-state index contributed by atoms with van der Waals surface area (Å²) >= 11 is 12.0. The van der Waals surface area contributed by atoms with Crippen molar-refractivity contribution in [3.63, 3.8) is 0 Å². The maximum Gasteiger partial charge on any atom is 0.234 e. The van der Waals surface area contributed by atoms with Crippen LogP contribution in [0.3, 0.4) is 0 Å². The van der Waals surface area contributed by atoms with Crippen LogP contribution in [0.15, 0.2) is 15.2 Å². The summed E-state index contributed by atoms with van der Waals surface area (Å²) in [5.74, 6) is 0. The van der Waals surface area contributed by atoms with Gasteiger partial charge in [0.1, 0.15) is 5.01 Å². The van der Waals surface area contributed by atoms with E-state index < -0.39 is 0 Å². The molecule has 0 aliphatic heterocycles.